The number of rotatable bonds is 12. The van der Waals surface area contributed by atoms with Crippen LogP contribution in [0.4, 0.5) is 0 Å². The predicted molar refractivity (Wildman–Crippen MR) is 213 cm³/mol. The fourth-order valence-electron chi connectivity index (χ4n) is 7.21. The van der Waals surface area contributed by atoms with Crippen molar-refractivity contribution in [3.05, 3.63) is 117 Å². The van der Waals surface area contributed by atoms with Gasteiger partial charge in [-0.05, 0) is 122 Å². The highest BCUT2D eigenvalue weighted by molar-refractivity contribution is 7.61. The molecule has 0 radical (unpaired) electrons. The summed E-state index contributed by atoms with van der Waals surface area (Å²) >= 11 is 0. The fourth-order valence-corrected chi connectivity index (χ4v) is 10.5. The van der Waals surface area contributed by atoms with Crippen LogP contribution in [0.5, 0.6) is 11.5 Å². The smallest absolute Gasteiger partial charge is 0.402 e. The highest BCUT2D eigenvalue weighted by Crippen LogP contribution is 2.67. The summed E-state index contributed by atoms with van der Waals surface area (Å²) in [4.78, 5) is 61.4. The van der Waals surface area contributed by atoms with Gasteiger partial charge in [-0.2, -0.15) is 8.62 Å². The van der Waals surface area contributed by atoms with Crippen LogP contribution < -0.4 is 9.05 Å². The molecule has 0 fully saturated rings. The Bertz CT molecular complexity index is 2370. The van der Waals surface area contributed by atoms with Gasteiger partial charge in [-0.3, -0.25) is 9.79 Å². The lowest BCUT2D eigenvalue weighted by Crippen LogP contribution is -2.09. The molecule has 0 amide bonds. The molecule has 0 aliphatic rings. The van der Waals surface area contributed by atoms with E-state index in [-0.39, 0.29) is 27.8 Å². The quantitative estimate of drug-likeness (QED) is 0.0643. The average Bonchev–Trinajstić information content (AvgIpc) is 3.01. The summed E-state index contributed by atoms with van der Waals surface area (Å²) in [5.41, 5.74) is 6.45. The van der Waals surface area contributed by atoms with E-state index < -0.39 is 42.8 Å². The van der Waals surface area contributed by atoms with Gasteiger partial charge in [-0.25, -0.2) is 18.3 Å². The van der Waals surface area contributed by atoms with Crippen molar-refractivity contribution in [3.63, 3.8) is 0 Å². The van der Waals surface area contributed by atoms with Crippen LogP contribution in [0.15, 0.2) is 72.8 Å². The first-order valence-electron chi connectivity index (χ1n) is 16.9. The SMILES string of the molecule is Cc1cccc(C)c1-c1c(OP(=O)(O)OP(=O)(O)O)c(-c2c(C)cccc2C)c(-c2c(C)cccc2C)c(-c2c(C)cccc2C)c1OP(=O)(O)OP(=O)(O)O. The Balaban J connectivity index is 2.30. The minimum atomic E-state index is -5.84. The Morgan fingerprint density at radius 1 is 0.339 bits per heavy atom. The molecule has 0 spiro atoms. The minimum Gasteiger partial charge on any atom is -0.402 e. The third kappa shape index (κ3) is 9.36. The second kappa shape index (κ2) is 15.9. The summed E-state index contributed by atoms with van der Waals surface area (Å²) in [6.07, 6.45) is 0. The van der Waals surface area contributed by atoms with Crippen molar-refractivity contribution in [1.29, 1.82) is 0 Å². The van der Waals surface area contributed by atoms with Crippen LogP contribution in [0.3, 0.4) is 0 Å². The summed E-state index contributed by atoms with van der Waals surface area (Å²) in [6.45, 7) is 14.1. The van der Waals surface area contributed by atoms with E-state index in [1.54, 1.807) is 128 Å². The molecule has 0 heterocycles. The molecule has 2 atom stereocenters. The van der Waals surface area contributed by atoms with Crippen molar-refractivity contribution < 1.29 is 65.3 Å². The number of phosphoric ester groups is 2. The molecular weight excluding hydrogens is 804 g/mol. The number of aryl methyl sites for hydroxylation is 8. The summed E-state index contributed by atoms with van der Waals surface area (Å²) in [6, 6.07) is 21.2. The molecule has 6 N–H and O–H groups in total. The van der Waals surface area contributed by atoms with Crippen LogP contribution in [-0.4, -0.2) is 29.4 Å². The lowest BCUT2D eigenvalue weighted by atomic mass is 9.77. The summed E-state index contributed by atoms with van der Waals surface area (Å²) in [7, 11) is -23.1. The number of hydrogen-bond donors (Lipinski definition) is 6. The van der Waals surface area contributed by atoms with Gasteiger partial charge < -0.3 is 28.6 Å². The van der Waals surface area contributed by atoms with E-state index >= 15 is 0 Å². The lowest BCUT2D eigenvalue weighted by molar-refractivity contribution is 0.228. The Kier molecular flexibility index (Phi) is 12.3. The van der Waals surface area contributed by atoms with Crippen LogP contribution in [0.1, 0.15) is 44.5 Å². The monoisotopic (exact) mass is 846 g/mol. The van der Waals surface area contributed by atoms with E-state index in [0.29, 0.717) is 61.2 Å². The highest BCUT2D eigenvalue weighted by Gasteiger charge is 2.43. The maximum absolute atomic E-state index is 13.9. The van der Waals surface area contributed by atoms with Gasteiger partial charge in [0.25, 0.3) is 0 Å². The van der Waals surface area contributed by atoms with E-state index in [0.717, 1.165) is 0 Å². The number of hydrogen-bond acceptors (Lipinski definition) is 8. The summed E-state index contributed by atoms with van der Waals surface area (Å²) < 4.78 is 72.5. The molecule has 0 aromatic heterocycles. The number of benzene rings is 5. The van der Waals surface area contributed by atoms with Crippen molar-refractivity contribution in [3.8, 4) is 56.0 Å². The predicted octanol–water partition coefficient (Wildman–Crippen LogP) is 10.00. The largest absolute Gasteiger partial charge is 0.536 e. The van der Waals surface area contributed by atoms with E-state index in [1.807, 2.05) is 0 Å². The van der Waals surface area contributed by atoms with Gasteiger partial charge in [-0.15, -0.1) is 0 Å². The van der Waals surface area contributed by atoms with Gasteiger partial charge in [0.15, 0.2) is 11.5 Å². The minimum absolute atomic E-state index is 0.105. The van der Waals surface area contributed by atoms with Gasteiger partial charge in [0, 0.05) is 16.7 Å². The zero-order chi connectivity index (χ0) is 41.7. The van der Waals surface area contributed by atoms with Crippen molar-refractivity contribution in [1.82, 2.24) is 0 Å². The lowest BCUT2D eigenvalue weighted by Gasteiger charge is -2.31. The summed E-state index contributed by atoms with van der Waals surface area (Å²) in [5.74, 6) is -1.14. The fraction of sp³-hybridized carbons (Fsp3) is 0.211. The Morgan fingerprint density at radius 3 is 0.786 bits per heavy atom. The maximum atomic E-state index is 13.9. The molecular formula is C38H42O14P4. The summed E-state index contributed by atoms with van der Waals surface area (Å²) in [5, 5.41) is 0. The second-order valence-electron chi connectivity index (χ2n) is 13.5. The van der Waals surface area contributed by atoms with Crippen molar-refractivity contribution >= 4 is 31.3 Å². The molecule has 5 rings (SSSR count). The first kappa shape index (κ1) is 43.4. The molecule has 14 nitrogen and oxygen atoms in total. The zero-order valence-electron chi connectivity index (χ0n) is 31.7. The van der Waals surface area contributed by atoms with Crippen LogP contribution in [0, 0.1) is 55.4 Å². The molecule has 5 aromatic carbocycles. The zero-order valence-corrected chi connectivity index (χ0v) is 35.2. The van der Waals surface area contributed by atoms with Gasteiger partial charge in [0.05, 0.1) is 5.56 Å². The molecule has 0 saturated carbocycles. The molecule has 2 unspecified atom stereocenters. The van der Waals surface area contributed by atoms with E-state index in [2.05, 4.69) is 8.62 Å². The Morgan fingerprint density at radius 2 is 0.554 bits per heavy atom. The molecule has 18 heteroatoms. The van der Waals surface area contributed by atoms with Crippen molar-refractivity contribution in [2.75, 3.05) is 0 Å². The van der Waals surface area contributed by atoms with Crippen molar-refractivity contribution in [2.24, 2.45) is 0 Å². The molecule has 0 saturated heterocycles. The van der Waals surface area contributed by atoms with Gasteiger partial charge >= 0.3 is 31.3 Å². The van der Waals surface area contributed by atoms with Gasteiger partial charge in [0.1, 0.15) is 0 Å². The molecule has 0 aliphatic heterocycles. The third-order valence-electron chi connectivity index (χ3n) is 9.17. The highest BCUT2D eigenvalue weighted by atomic mass is 31.3. The molecule has 298 valence electrons. The maximum Gasteiger partial charge on any atom is 0.536 e. The van der Waals surface area contributed by atoms with Gasteiger partial charge in [0.2, 0.25) is 0 Å². The first-order valence-corrected chi connectivity index (χ1v) is 23.0. The van der Waals surface area contributed by atoms with Crippen LogP contribution in [0.2, 0.25) is 0 Å². The Hall–Kier alpha value is -3.70. The van der Waals surface area contributed by atoms with Gasteiger partial charge in [-0.1, -0.05) is 72.8 Å². The van der Waals surface area contributed by atoms with E-state index in [1.165, 1.54) is 0 Å². The topological polar surface area (TPSA) is 227 Å². The van der Waals surface area contributed by atoms with E-state index in [9.17, 15) is 47.6 Å². The third-order valence-corrected chi connectivity index (χ3v) is 13.3. The van der Waals surface area contributed by atoms with Crippen LogP contribution in [0.25, 0.3) is 44.5 Å². The normalized spacial score (nSPS) is 14.2. The van der Waals surface area contributed by atoms with Crippen LogP contribution in [-0.2, 0) is 26.9 Å². The standard InChI is InChI=1S/C38H42O14P4/c1-21-13-9-14-22(2)29(21)33-34(30-23(3)15-10-16-24(30)4)37(49-55(45,46)51-53(39,40)41)36(32-27(7)19-12-20-28(32)8)38(50-56(47,48)52-54(42,43)44)35(33)31-25(5)17-11-18-26(31)6/h9-20H,1-8H3,(H,45,46)(H,47,48)(H2,39,40,41)(H2,42,43,44). The molecule has 56 heavy (non-hydrogen) atoms. The molecule has 0 bridgehead atoms. The number of phosphoric acid groups is 4. The second-order valence-corrected chi connectivity index (χ2v) is 19.0. The Labute approximate surface area is 324 Å². The molecule has 5 aromatic rings. The van der Waals surface area contributed by atoms with Crippen molar-refractivity contribution in [2.45, 2.75) is 55.4 Å². The first-order chi connectivity index (χ1) is 25.8. The average molecular weight is 847 g/mol. The van der Waals surface area contributed by atoms with Crippen LogP contribution >= 0.6 is 31.3 Å². The molecule has 0 aliphatic carbocycles. The van der Waals surface area contributed by atoms with E-state index in [4.69, 9.17) is 9.05 Å².